The molecule has 19 heavy (non-hydrogen) atoms. The third kappa shape index (κ3) is 2.86. The number of aliphatic hydroxyl groups excluding tert-OH is 1. The zero-order chi connectivity index (χ0) is 14.0. The van der Waals surface area contributed by atoms with Crippen LogP contribution in [-0.2, 0) is 19.4 Å². The lowest BCUT2D eigenvalue weighted by molar-refractivity contribution is 0.175. The molecule has 0 aliphatic heterocycles. The van der Waals surface area contributed by atoms with E-state index < -0.39 is 6.10 Å². The fourth-order valence-electron chi connectivity index (χ4n) is 2.22. The van der Waals surface area contributed by atoms with Crippen LogP contribution >= 0.6 is 22.9 Å². The maximum atomic E-state index is 10.4. The zero-order valence-electron chi connectivity index (χ0n) is 11.5. The van der Waals surface area contributed by atoms with Crippen LogP contribution in [0, 0.1) is 6.92 Å². The summed E-state index contributed by atoms with van der Waals surface area (Å²) in [6.45, 7) is 6.86. The molecular weight excluding hydrogens is 280 g/mol. The Morgan fingerprint density at radius 3 is 2.68 bits per heavy atom. The van der Waals surface area contributed by atoms with Crippen molar-refractivity contribution in [3.63, 3.8) is 0 Å². The number of aromatic nitrogens is 2. The van der Waals surface area contributed by atoms with Gasteiger partial charge in [0, 0.05) is 13.0 Å². The van der Waals surface area contributed by atoms with E-state index in [-0.39, 0.29) is 0 Å². The first-order valence-corrected chi connectivity index (χ1v) is 7.85. The average molecular weight is 299 g/mol. The van der Waals surface area contributed by atoms with Gasteiger partial charge in [0.05, 0.1) is 22.5 Å². The van der Waals surface area contributed by atoms with Gasteiger partial charge in [-0.2, -0.15) is 16.4 Å². The second kappa shape index (κ2) is 6.07. The molecule has 3 nitrogen and oxygen atoms in total. The zero-order valence-corrected chi connectivity index (χ0v) is 13.1. The molecule has 0 saturated heterocycles. The van der Waals surface area contributed by atoms with E-state index in [4.69, 9.17) is 11.6 Å². The second-order valence-electron chi connectivity index (χ2n) is 4.61. The Balaban J connectivity index is 2.28. The third-order valence-electron chi connectivity index (χ3n) is 3.34. The largest absolute Gasteiger partial charge is 0.388 e. The van der Waals surface area contributed by atoms with Crippen LogP contribution in [0.5, 0.6) is 0 Å². The maximum absolute atomic E-state index is 10.4. The molecule has 5 heteroatoms. The highest BCUT2D eigenvalue weighted by molar-refractivity contribution is 7.08. The predicted octanol–water partition coefficient (Wildman–Crippen LogP) is 3.76. The van der Waals surface area contributed by atoms with E-state index in [2.05, 4.69) is 10.5 Å². The normalized spacial score (nSPS) is 12.9. The van der Waals surface area contributed by atoms with Crippen molar-refractivity contribution in [2.45, 2.75) is 46.3 Å². The topological polar surface area (TPSA) is 38.0 Å². The first kappa shape index (κ1) is 14.6. The van der Waals surface area contributed by atoms with Crippen molar-refractivity contribution < 1.29 is 5.11 Å². The summed E-state index contributed by atoms with van der Waals surface area (Å²) in [5.74, 6) is 0. The number of rotatable bonds is 5. The van der Waals surface area contributed by atoms with Gasteiger partial charge in [0.1, 0.15) is 0 Å². The van der Waals surface area contributed by atoms with Crippen LogP contribution in [0.25, 0.3) is 0 Å². The van der Waals surface area contributed by atoms with Gasteiger partial charge in [-0.25, -0.2) is 0 Å². The van der Waals surface area contributed by atoms with Crippen molar-refractivity contribution >= 4 is 22.9 Å². The van der Waals surface area contributed by atoms with Gasteiger partial charge < -0.3 is 5.11 Å². The molecule has 0 aromatic carbocycles. The Hall–Kier alpha value is -0.840. The van der Waals surface area contributed by atoms with E-state index in [0.717, 1.165) is 35.5 Å². The molecular formula is C14H19ClN2OS. The Kier molecular flexibility index (Phi) is 4.66. The molecule has 1 N–H and O–H groups in total. The highest BCUT2D eigenvalue weighted by Crippen LogP contribution is 2.29. The fourth-order valence-corrected chi connectivity index (χ4v) is 3.46. The van der Waals surface area contributed by atoms with Gasteiger partial charge in [-0.15, -0.1) is 0 Å². The maximum Gasteiger partial charge on any atom is 0.0856 e. The van der Waals surface area contributed by atoms with Gasteiger partial charge >= 0.3 is 0 Å². The minimum atomic E-state index is -0.518. The number of thiophene rings is 1. The summed E-state index contributed by atoms with van der Waals surface area (Å²) < 4.78 is 1.89. The molecule has 1 atom stereocenters. The van der Waals surface area contributed by atoms with Crippen molar-refractivity contribution in [3.8, 4) is 0 Å². The monoisotopic (exact) mass is 298 g/mol. The van der Waals surface area contributed by atoms with E-state index in [1.165, 1.54) is 0 Å². The Morgan fingerprint density at radius 1 is 1.42 bits per heavy atom. The van der Waals surface area contributed by atoms with Crippen LogP contribution in [-0.4, -0.2) is 14.9 Å². The average Bonchev–Trinajstić information content (AvgIpc) is 2.95. The Morgan fingerprint density at radius 2 is 2.16 bits per heavy atom. The minimum Gasteiger partial charge on any atom is -0.388 e. The number of aryl methyl sites for hydroxylation is 3. The predicted molar refractivity (Wildman–Crippen MR) is 80.0 cm³/mol. The molecule has 0 aliphatic carbocycles. The van der Waals surface area contributed by atoms with Crippen LogP contribution < -0.4 is 0 Å². The summed E-state index contributed by atoms with van der Waals surface area (Å²) in [6, 6.07) is 0. The quantitative estimate of drug-likeness (QED) is 0.912. The van der Waals surface area contributed by atoms with Crippen molar-refractivity contribution in [3.05, 3.63) is 38.3 Å². The number of hydrogen-bond donors (Lipinski definition) is 1. The van der Waals surface area contributed by atoms with Crippen molar-refractivity contribution in [2.75, 3.05) is 0 Å². The van der Waals surface area contributed by atoms with E-state index >= 15 is 0 Å². The summed E-state index contributed by atoms with van der Waals surface area (Å²) in [7, 11) is 0. The van der Waals surface area contributed by atoms with Crippen LogP contribution in [0.4, 0.5) is 0 Å². The molecule has 2 aromatic heterocycles. The van der Waals surface area contributed by atoms with Crippen LogP contribution in [0.15, 0.2) is 10.8 Å². The fraction of sp³-hybridized carbons (Fsp3) is 0.500. The van der Waals surface area contributed by atoms with Gasteiger partial charge in [-0.3, -0.25) is 4.68 Å². The van der Waals surface area contributed by atoms with Crippen molar-refractivity contribution in [1.29, 1.82) is 0 Å². The number of hydrogen-bond acceptors (Lipinski definition) is 3. The molecule has 0 amide bonds. The van der Waals surface area contributed by atoms with Crippen molar-refractivity contribution in [2.24, 2.45) is 0 Å². The molecule has 0 radical (unpaired) electrons. The lowest BCUT2D eigenvalue weighted by atomic mass is 10.0. The molecule has 0 spiro atoms. The van der Waals surface area contributed by atoms with Gasteiger partial charge in [0.15, 0.2) is 0 Å². The van der Waals surface area contributed by atoms with Gasteiger partial charge in [-0.05, 0) is 42.2 Å². The van der Waals surface area contributed by atoms with Gasteiger partial charge in [0.25, 0.3) is 0 Å². The summed E-state index contributed by atoms with van der Waals surface area (Å²) >= 11 is 7.98. The van der Waals surface area contributed by atoms with Crippen molar-refractivity contribution in [1.82, 2.24) is 9.78 Å². The summed E-state index contributed by atoms with van der Waals surface area (Å²) in [4.78, 5) is 0. The molecule has 0 bridgehead atoms. The molecule has 2 aromatic rings. The first-order valence-electron chi connectivity index (χ1n) is 6.53. The SMILES string of the molecule is CCc1nn(CC)c(CC(O)c2cscc2C)c1Cl. The molecule has 2 heterocycles. The molecule has 0 fully saturated rings. The highest BCUT2D eigenvalue weighted by atomic mass is 35.5. The van der Waals surface area contributed by atoms with Crippen LogP contribution in [0.3, 0.4) is 0 Å². The number of aliphatic hydroxyl groups is 1. The van der Waals surface area contributed by atoms with E-state index in [1.807, 2.05) is 30.8 Å². The first-order chi connectivity index (χ1) is 9.08. The minimum absolute atomic E-state index is 0.511. The standard InChI is InChI=1S/C14H19ClN2OS/c1-4-11-14(15)12(17(5-2)16-11)6-13(18)10-8-19-7-9(10)3/h7-8,13,18H,4-6H2,1-3H3. The highest BCUT2D eigenvalue weighted by Gasteiger charge is 2.19. The Bertz CT molecular complexity index is 562. The molecule has 1 unspecified atom stereocenters. The third-order valence-corrected chi connectivity index (χ3v) is 4.65. The smallest absolute Gasteiger partial charge is 0.0856 e. The van der Waals surface area contributed by atoms with Crippen LogP contribution in [0.1, 0.15) is 42.5 Å². The lowest BCUT2D eigenvalue weighted by Crippen LogP contribution is -2.09. The van der Waals surface area contributed by atoms with Gasteiger partial charge in [-0.1, -0.05) is 18.5 Å². The number of halogens is 1. The van der Waals surface area contributed by atoms with E-state index in [0.29, 0.717) is 11.4 Å². The summed E-state index contributed by atoms with van der Waals surface area (Å²) in [5.41, 5.74) is 3.96. The Labute approximate surface area is 122 Å². The molecule has 2 rings (SSSR count). The van der Waals surface area contributed by atoms with E-state index in [1.54, 1.807) is 11.3 Å². The molecule has 104 valence electrons. The lowest BCUT2D eigenvalue weighted by Gasteiger charge is -2.12. The second-order valence-corrected chi connectivity index (χ2v) is 5.73. The number of nitrogens with zero attached hydrogens (tertiary/aromatic N) is 2. The van der Waals surface area contributed by atoms with Gasteiger partial charge in [0.2, 0.25) is 0 Å². The molecule has 0 saturated carbocycles. The molecule has 0 aliphatic rings. The van der Waals surface area contributed by atoms with Crippen LogP contribution in [0.2, 0.25) is 5.02 Å². The summed E-state index contributed by atoms with van der Waals surface area (Å²) in [6.07, 6.45) is 0.805. The summed E-state index contributed by atoms with van der Waals surface area (Å²) in [5, 5.41) is 19.6. The van der Waals surface area contributed by atoms with E-state index in [9.17, 15) is 5.11 Å².